The molecule has 0 aliphatic rings. The van der Waals surface area contributed by atoms with Crippen LogP contribution in [0.15, 0.2) is 170 Å². The Morgan fingerprint density at radius 3 is 1.12 bits per heavy atom. The maximum absolute atomic E-state index is 2.47. The SMILES string of the molecule is c1cc(-n2c3ccccc3c3c4ccccc4ccc32)c2cc3cccc(-n4c5ccccc5c5c6ccccc6ccc54)c3cc2c1. The molecule has 48 heavy (non-hydrogen) atoms. The van der Waals surface area contributed by atoms with Crippen LogP contribution in [0, 0.1) is 0 Å². The zero-order chi connectivity index (χ0) is 31.3. The van der Waals surface area contributed by atoms with E-state index in [4.69, 9.17) is 0 Å². The third kappa shape index (κ3) is 3.41. The van der Waals surface area contributed by atoms with E-state index in [1.165, 1.54) is 98.1 Å². The van der Waals surface area contributed by atoms with E-state index in [0.717, 1.165) is 0 Å². The fourth-order valence-corrected chi connectivity index (χ4v) is 8.41. The van der Waals surface area contributed by atoms with Crippen LogP contribution in [-0.4, -0.2) is 9.13 Å². The van der Waals surface area contributed by atoms with Gasteiger partial charge in [-0.2, -0.15) is 0 Å². The predicted octanol–water partition coefficient (Wildman–Crippen LogP) is 12.5. The van der Waals surface area contributed by atoms with E-state index in [2.05, 4.69) is 179 Å². The van der Waals surface area contributed by atoms with Crippen LogP contribution in [0.3, 0.4) is 0 Å². The number of fused-ring (bicyclic) bond motifs is 12. The summed E-state index contributed by atoms with van der Waals surface area (Å²) in [4.78, 5) is 0. The summed E-state index contributed by atoms with van der Waals surface area (Å²) in [5, 5.41) is 15.2. The molecule has 0 fully saturated rings. The molecule has 0 N–H and O–H groups in total. The van der Waals surface area contributed by atoms with Crippen LogP contribution in [0.25, 0.3) is 98.1 Å². The smallest absolute Gasteiger partial charge is 0.0547 e. The molecular weight excluding hydrogens is 581 g/mol. The summed E-state index contributed by atoms with van der Waals surface area (Å²) in [5.74, 6) is 0. The van der Waals surface area contributed by atoms with E-state index in [1.54, 1.807) is 0 Å². The van der Waals surface area contributed by atoms with E-state index in [1.807, 2.05) is 0 Å². The van der Waals surface area contributed by atoms with E-state index < -0.39 is 0 Å². The number of rotatable bonds is 2. The van der Waals surface area contributed by atoms with Crippen molar-refractivity contribution in [1.29, 1.82) is 0 Å². The summed E-state index contributed by atoms with van der Waals surface area (Å²) in [7, 11) is 0. The summed E-state index contributed by atoms with van der Waals surface area (Å²) in [6.45, 7) is 0. The van der Waals surface area contributed by atoms with Gasteiger partial charge in [0.1, 0.15) is 0 Å². The highest BCUT2D eigenvalue weighted by atomic mass is 15.0. The lowest BCUT2D eigenvalue weighted by molar-refractivity contribution is 1.20. The normalized spacial score (nSPS) is 12.2. The van der Waals surface area contributed by atoms with E-state index in [-0.39, 0.29) is 0 Å². The third-order valence-corrected chi connectivity index (χ3v) is 10.4. The molecule has 2 heterocycles. The molecule has 0 unspecified atom stereocenters. The maximum Gasteiger partial charge on any atom is 0.0547 e. The Bertz CT molecular complexity index is 2910. The molecule has 2 nitrogen and oxygen atoms in total. The molecule has 0 radical (unpaired) electrons. The zero-order valence-electron chi connectivity index (χ0n) is 26.1. The van der Waals surface area contributed by atoms with Gasteiger partial charge >= 0.3 is 0 Å². The number of aromatic nitrogens is 2. The third-order valence-electron chi connectivity index (χ3n) is 10.4. The molecule has 0 atom stereocenters. The largest absolute Gasteiger partial charge is 0.309 e. The molecule has 11 aromatic rings. The Labute approximate surface area is 276 Å². The number of hydrogen-bond donors (Lipinski definition) is 0. The average molecular weight is 609 g/mol. The Balaban J connectivity index is 1.22. The first-order valence-electron chi connectivity index (χ1n) is 16.6. The molecule has 2 aromatic heterocycles. The molecule has 0 saturated heterocycles. The highest BCUT2D eigenvalue weighted by molar-refractivity contribution is 6.23. The van der Waals surface area contributed by atoms with Crippen LogP contribution in [0.4, 0.5) is 0 Å². The fourth-order valence-electron chi connectivity index (χ4n) is 8.41. The van der Waals surface area contributed by atoms with Gasteiger partial charge in [-0.15, -0.1) is 0 Å². The molecular formula is C46H28N2. The van der Waals surface area contributed by atoms with Crippen molar-refractivity contribution in [2.75, 3.05) is 0 Å². The van der Waals surface area contributed by atoms with Crippen LogP contribution < -0.4 is 0 Å². The predicted molar refractivity (Wildman–Crippen MR) is 205 cm³/mol. The minimum atomic E-state index is 1.20. The lowest BCUT2D eigenvalue weighted by Crippen LogP contribution is -1.97. The second-order valence-corrected chi connectivity index (χ2v) is 12.9. The fraction of sp³-hybridized carbons (Fsp3) is 0. The summed E-state index contributed by atoms with van der Waals surface area (Å²) in [5.41, 5.74) is 7.31. The summed E-state index contributed by atoms with van der Waals surface area (Å²) in [6.07, 6.45) is 0. The quantitative estimate of drug-likeness (QED) is 0.173. The Morgan fingerprint density at radius 2 is 0.646 bits per heavy atom. The van der Waals surface area contributed by atoms with Crippen molar-refractivity contribution in [1.82, 2.24) is 9.13 Å². The molecule has 222 valence electrons. The Kier molecular flexibility index (Phi) is 5.14. The van der Waals surface area contributed by atoms with Crippen molar-refractivity contribution in [3.8, 4) is 11.4 Å². The van der Waals surface area contributed by atoms with Crippen LogP contribution in [0.2, 0.25) is 0 Å². The average Bonchev–Trinajstić information content (AvgIpc) is 3.67. The molecule has 0 spiro atoms. The van der Waals surface area contributed by atoms with Crippen molar-refractivity contribution in [2.24, 2.45) is 0 Å². The monoisotopic (exact) mass is 608 g/mol. The zero-order valence-corrected chi connectivity index (χ0v) is 26.1. The van der Waals surface area contributed by atoms with Crippen molar-refractivity contribution in [2.45, 2.75) is 0 Å². The molecule has 0 aliphatic carbocycles. The van der Waals surface area contributed by atoms with E-state index in [9.17, 15) is 0 Å². The van der Waals surface area contributed by atoms with Gasteiger partial charge in [0.15, 0.2) is 0 Å². The molecule has 0 amide bonds. The molecule has 0 aliphatic heterocycles. The number of hydrogen-bond acceptors (Lipinski definition) is 0. The first-order chi connectivity index (χ1) is 23.8. The lowest BCUT2D eigenvalue weighted by Gasteiger charge is -2.15. The summed E-state index contributed by atoms with van der Waals surface area (Å²) in [6, 6.07) is 62.5. The lowest BCUT2D eigenvalue weighted by atomic mass is 10.0. The molecule has 2 heteroatoms. The van der Waals surface area contributed by atoms with Gasteiger partial charge in [-0.1, -0.05) is 121 Å². The number of nitrogens with zero attached hydrogens (tertiary/aromatic N) is 2. The molecule has 0 saturated carbocycles. The van der Waals surface area contributed by atoms with Gasteiger partial charge in [0, 0.05) is 32.3 Å². The van der Waals surface area contributed by atoms with Crippen molar-refractivity contribution in [3.05, 3.63) is 170 Å². The topological polar surface area (TPSA) is 9.86 Å². The number of para-hydroxylation sites is 2. The summed E-state index contributed by atoms with van der Waals surface area (Å²) >= 11 is 0. The Hall–Kier alpha value is -6.38. The van der Waals surface area contributed by atoms with Crippen LogP contribution in [0.1, 0.15) is 0 Å². The molecule has 11 rings (SSSR count). The minimum Gasteiger partial charge on any atom is -0.309 e. The van der Waals surface area contributed by atoms with Gasteiger partial charge in [0.2, 0.25) is 0 Å². The summed E-state index contributed by atoms with van der Waals surface area (Å²) < 4.78 is 4.93. The Morgan fingerprint density at radius 1 is 0.250 bits per heavy atom. The van der Waals surface area contributed by atoms with Gasteiger partial charge < -0.3 is 9.13 Å². The van der Waals surface area contributed by atoms with Gasteiger partial charge in [0.25, 0.3) is 0 Å². The maximum atomic E-state index is 2.47. The van der Waals surface area contributed by atoms with E-state index >= 15 is 0 Å². The van der Waals surface area contributed by atoms with Gasteiger partial charge in [0.05, 0.1) is 33.4 Å². The van der Waals surface area contributed by atoms with Gasteiger partial charge in [-0.05, 0) is 80.8 Å². The number of benzene rings is 9. The first-order valence-corrected chi connectivity index (χ1v) is 16.6. The second-order valence-electron chi connectivity index (χ2n) is 12.9. The second kappa shape index (κ2) is 9.57. The van der Waals surface area contributed by atoms with Crippen LogP contribution in [-0.2, 0) is 0 Å². The van der Waals surface area contributed by atoms with Crippen LogP contribution in [0.5, 0.6) is 0 Å². The van der Waals surface area contributed by atoms with Crippen molar-refractivity contribution in [3.63, 3.8) is 0 Å². The van der Waals surface area contributed by atoms with E-state index in [0.29, 0.717) is 0 Å². The molecule has 9 aromatic carbocycles. The first kappa shape index (κ1) is 25.8. The van der Waals surface area contributed by atoms with Gasteiger partial charge in [-0.3, -0.25) is 0 Å². The standard InChI is InChI=1S/C46H28N2/c1-3-15-33-29(11-1)23-25-43-45(33)35-17-5-7-19-39(35)47(43)41-21-9-13-31-28-38-32(27-37(31)41)14-10-22-42(38)48-40-20-8-6-18-36(40)46-34-16-4-2-12-30(34)24-26-44(46)48/h1-28H. The highest BCUT2D eigenvalue weighted by Gasteiger charge is 2.19. The van der Waals surface area contributed by atoms with Crippen LogP contribution >= 0.6 is 0 Å². The van der Waals surface area contributed by atoms with Gasteiger partial charge in [-0.25, -0.2) is 0 Å². The molecule has 0 bridgehead atoms. The highest BCUT2D eigenvalue weighted by Crippen LogP contribution is 2.41. The van der Waals surface area contributed by atoms with Crippen molar-refractivity contribution >= 4 is 86.7 Å². The van der Waals surface area contributed by atoms with Crippen molar-refractivity contribution < 1.29 is 0 Å². The minimum absolute atomic E-state index is 1.20.